The zero-order valence-corrected chi connectivity index (χ0v) is 14.1. The molecule has 1 aliphatic rings. The zero-order chi connectivity index (χ0) is 16.9. The lowest BCUT2D eigenvalue weighted by atomic mass is 10.1. The summed E-state index contributed by atoms with van der Waals surface area (Å²) in [5.74, 6) is 0.800. The van der Waals surface area contributed by atoms with Crippen LogP contribution in [0.3, 0.4) is 0 Å². The molecule has 3 heterocycles. The fourth-order valence-corrected chi connectivity index (χ4v) is 2.88. The molecule has 1 aliphatic heterocycles. The molecule has 1 amide bonds. The van der Waals surface area contributed by atoms with Crippen LogP contribution in [0, 0.1) is 13.8 Å². The van der Waals surface area contributed by atoms with Crippen LogP contribution >= 0.6 is 0 Å². The van der Waals surface area contributed by atoms with Crippen LogP contribution in [0.5, 0.6) is 0 Å². The van der Waals surface area contributed by atoms with Crippen molar-refractivity contribution >= 4 is 5.91 Å². The molecule has 1 saturated heterocycles. The van der Waals surface area contributed by atoms with Gasteiger partial charge in [-0.1, -0.05) is 6.07 Å². The van der Waals surface area contributed by atoms with Crippen molar-refractivity contribution in [3.8, 4) is 0 Å². The highest BCUT2D eigenvalue weighted by Gasteiger charge is 2.27. The van der Waals surface area contributed by atoms with Crippen molar-refractivity contribution in [3.05, 3.63) is 53.4 Å². The molecule has 0 spiro atoms. The van der Waals surface area contributed by atoms with Crippen LogP contribution in [0.2, 0.25) is 0 Å². The van der Waals surface area contributed by atoms with Gasteiger partial charge in [-0.05, 0) is 38.0 Å². The van der Waals surface area contributed by atoms with Gasteiger partial charge in [-0.25, -0.2) is 9.97 Å². The molecule has 1 unspecified atom stereocenters. The number of morpholine rings is 1. The molecule has 0 bridgehead atoms. The third-order valence-electron chi connectivity index (χ3n) is 4.06. The summed E-state index contributed by atoms with van der Waals surface area (Å²) in [5.41, 5.74) is 2.91. The summed E-state index contributed by atoms with van der Waals surface area (Å²) in [4.78, 5) is 27.4. The van der Waals surface area contributed by atoms with E-state index in [0.717, 1.165) is 17.0 Å². The maximum Gasteiger partial charge on any atom is 0.223 e. The molecule has 0 saturated carbocycles. The first-order valence-electron chi connectivity index (χ1n) is 8.22. The molecule has 6 heteroatoms. The summed E-state index contributed by atoms with van der Waals surface area (Å²) in [6.45, 7) is 5.53. The Morgan fingerprint density at radius 2 is 2.12 bits per heavy atom. The van der Waals surface area contributed by atoms with E-state index in [2.05, 4.69) is 15.0 Å². The zero-order valence-electron chi connectivity index (χ0n) is 14.1. The number of nitrogens with zero attached hydrogens (tertiary/aromatic N) is 4. The number of pyridine rings is 1. The Morgan fingerprint density at radius 1 is 1.33 bits per heavy atom. The molecule has 1 atom stereocenters. The maximum absolute atomic E-state index is 12.5. The average molecular weight is 326 g/mol. The molecule has 6 nitrogen and oxygen atoms in total. The van der Waals surface area contributed by atoms with Crippen LogP contribution in [0.25, 0.3) is 0 Å². The standard InChI is InChI=1S/C18H22N4O2/c1-13-10-14(2)21-18(20-13)16-12-22(8-9-24-16)17(23)6-5-15-4-3-7-19-11-15/h3-4,7,10-11,16H,5-6,8-9,12H2,1-2H3. The normalized spacial score (nSPS) is 17.8. The molecule has 126 valence electrons. The van der Waals surface area contributed by atoms with Crippen molar-refractivity contribution in [1.29, 1.82) is 0 Å². The van der Waals surface area contributed by atoms with Crippen molar-refractivity contribution in [2.75, 3.05) is 19.7 Å². The highest BCUT2D eigenvalue weighted by molar-refractivity contribution is 5.76. The number of aromatic nitrogens is 3. The van der Waals surface area contributed by atoms with Gasteiger partial charge in [0.15, 0.2) is 5.82 Å². The van der Waals surface area contributed by atoms with E-state index in [-0.39, 0.29) is 12.0 Å². The van der Waals surface area contributed by atoms with Crippen LogP contribution in [-0.2, 0) is 16.0 Å². The predicted molar refractivity (Wildman–Crippen MR) is 89.3 cm³/mol. The fourth-order valence-electron chi connectivity index (χ4n) is 2.88. The summed E-state index contributed by atoms with van der Waals surface area (Å²) >= 11 is 0. The molecular weight excluding hydrogens is 304 g/mol. The Kier molecular flexibility index (Phi) is 5.15. The Morgan fingerprint density at radius 3 is 2.83 bits per heavy atom. The van der Waals surface area contributed by atoms with Crippen molar-refractivity contribution in [2.24, 2.45) is 0 Å². The largest absolute Gasteiger partial charge is 0.367 e. The van der Waals surface area contributed by atoms with Gasteiger partial charge < -0.3 is 9.64 Å². The number of hydrogen-bond donors (Lipinski definition) is 0. The van der Waals surface area contributed by atoms with E-state index < -0.39 is 0 Å². The summed E-state index contributed by atoms with van der Waals surface area (Å²) in [6, 6.07) is 5.82. The third-order valence-corrected chi connectivity index (χ3v) is 4.06. The SMILES string of the molecule is Cc1cc(C)nc(C2CN(C(=O)CCc3cccnc3)CCO2)n1. The minimum Gasteiger partial charge on any atom is -0.367 e. The second-order valence-corrected chi connectivity index (χ2v) is 6.07. The van der Waals surface area contributed by atoms with Crippen molar-refractivity contribution in [2.45, 2.75) is 32.8 Å². The lowest BCUT2D eigenvalue weighted by molar-refractivity contribution is -0.139. The van der Waals surface area contributed by atoms with Gasteiger partial charge in [0.05, 0.1) is 13.2 Å². The van der Waals surface area contributed by atoms with Gasteiger partial charge in [-0.2, -0.15) is 0 Å². The Hall–Kier alpha value is -2.34. The number of ether oxygens (including phenoxy) is 1. The highest BCUT2D eigenvalue weighted by atomic mass is 16.5. The Bertz CT molecular complexity index is 685. The van der Waals surface area contributed by atoms with E-state index in [4.69, 9.17) is 4.74 Å². The number of rotatable bonds is 4. The monoisotopic (exact) mass is 326 g/mol. The smallest absolute Gasteiger partial charge is 0.223 e. The average Bonchev–Trinajstić information content (AvgIpc) is 2.60. The predicted octanol–water partition coefficient (Wildman–Crippen LogP) is 2.02. The topological polar surface area (TPSA) is 68.2 Å². The molecule has 0 radical (unpaired) electrons. The van der Waals surface area contributed by atoms with E-state index in [9.17, 15) is 4.79 Å². The number of amides is 1. The van der Waals surface area contributed by atoms with Crippen molar-refractivity contribution in [1.82, 2.24) is 19.9 Å². The Labute approximate surface area is 141 Å². The molecule has 0 aliphatic carbocycles. The quantitative estimate of drug-likeness (QED) is 0.860. The Balaban J connectivity index is 1.61. The number of carbonyl (C=O) groups is 1. The summed E-state index contributed by atoms with van der Waals surface area (Å²) < 4.78 is 5.79. The summed E-state index contributed by atoms with van der Waals surface area (Å²) in [6.07, 6.45) is 4.47. The summed E-state index contributed by atoms with van der Waals surface area (Å²) in [5, 5.41) is 0. The van der Waals surface area contributed by atoms with Gasteiger partial charge in [0, 0.05) is 36.7 Å². The summed E-state index contributed by atoms with van der Waals surface area (Å²) in [7, 11) is 0. The van der Waals surface area contributed by atoms with Crippen LogP contribution in [0.15, 0.2) is 30.6 Å². The fraction of sp³-hybridized carbons (Fsp3) is 0.444. The van der Waals surface area contributed by atoms with E-state index in [0.29, 0.717) is 38.4 Å². The third kappa shape index (κ3) is 4.14. The first-order chi connectivity index (χ1) is 11.6. The van der Waals surface area contributed by atoms with Gasteiger partial charge in [0.1, 0.15) is 6.10 Å². The van der Waals surface area contributed by atoms with Crippen LogP contribution in [-0.4, -0.2) is 45.5 Å². The molecular formula is C18H22N4O2. The molecule has 24 heavy (non-hydrogen) atoms. The van der Waals surface area contributed by atoms with Gasteiger partial charge in [-0.15, -0.1) is 0 Å². The van der Waals surface area contributed by atoms with E-state index in [1.54, 1.807) is 12.4 Å². The maximum atomic E-state index is 12.5. The van der Waals surface area contributed by atoms with E-state index in [1.165, 1.54) is 0 Å². The lowest BCUT2D eigenvalue weighted by Crippen LogP contribution is -2.42. The van der Waals surface area contributed by atoms with E-state index >= 15 is 0 Å². The van der Waals surface area contributed by atoms with Crippen LogP contribution < -0.4 is 0 Å². The number of hydrogen-bond acceptors (Lipinski definition) is 5. The van der Waals surface area contributed by atoms with Crippen LogP contribution in [0.4, 0.5) is 0 Å². The lowest BCUT2D eigenvalue weighted by Gasteiger charge is -2.32. The van der Waals surface area contributed by atoms with Gasteiger partial charge in [-0.3, -0.25) is 9.78 Å². The first kappa shape index (κ1) is 16.5. The molecule has 3 rings (SSSR count). The van der Waals surface area contributed by atoms with Crippen molar-refractivity contribution in [3.63, 3.8) is 0 Å². The number of carbonyl (C=O) groups excluding carboxylic acids is 1. The first-order valence-corrected chi connectivity index (χ1v) is 8.22. The molecule has 2 aromatic rings. The molecule has 0 N–H and O–H groups in total. The van der Waals surface area contributed by atoms with Crippen LogP contribution in [0.1, 0.15) is 35.3 Å². The molecule has 2 aromatic heterocycles. The van der Waals surface area contributed by atoms with Gasteiger partial charge in [0.25, 0.3) is 0 Å². The van der Waals surface area contributed by atoms with Gasteiger partial charge >= 0.3 is 0 Å². The molecule has 0 aromatic carbocycles. The molecule has 1 fully saturated rings. The second-order valence-electron chi connectivity index (χ2n) is 6.07. The second kappa shape index (κ2) is 7.49. The highest BCUT2D eigenvalue weighted by Crippen LogP contribution is 2.20. The minimum absolute atomic E-state index is 0.136. The van der Waals surface area contributed by atoms with E-state index in [1.807, 2.05) is 36.9 Å². The van der Waals surface area contributed by atoms with Crippen molar-refractivity contribution < 1.29 is 9.53 Å². The minimum atomic E-state index is -0.250. The number of aryl methyl sites for hydroxylation is 3. The van der Waals surface area contributed by atoms with Gasteiger partial charge in [0.2, 0.25) is 5.91 Å².